The van der Waals surface area contributed by atoms with Gasteiger partial charge >= 0.3 is 5.97 Å². The molecule has 1 heterocycles. The topological polar surface area (TPSA) is 58.9 Å². The number of ether oxygens (including phenoxy) is 1. The van der Waals surface area contributed by atoms with Crippen molar-refractivity contribution in [3.05, 3.63) is 35.4 Å². The maximum atomic E-state index is 11.0. The minimum atomic E-state index is -0.948. The number of carboxylic acid groups (broad SMARTS) is 1. The normalized spacial score (nSPS) is 23.6. The van der Waals surface area contributed by atoms with Crippen molar-refractivity contribution < 1.29 is 14.6 Å². The van der Waals surface area contributed by atoms with Crippen LogP contribution in [0.15, 0.2) is 29.3 Å². The maximum Gasteiger partial charge on any atom is 0.331 e. The maximum absolute atomic E-state index is 11.0. The largest absolute Gasteiger partial charge is 0.480 e. The van der Waals surface area contributed by atoms with Gasteiger partial charge in [-0.1, -0.05) is 24.3 Å². The number of benzene rings is 1. The second kappa shape index (κ2) is 4.45. The van der Waals surface area contributed by atoms with Crippen LogP contribution in [0.4, 0.5) is 0 Å². The predicted octanol–water partition coefficient (Wildman–Crippen LogP) is 1.13. The molecule has 0 bridgehead atoms. The lowest BCUT2D eigenvalue weighted by atomic mass is 10.0. The summed E-state index contributed by atoms with van der Waals surface area (Å²) in [6.07, 6.45) is 1.79. The lowest BCUT2D eigenvalue weighted by molar-refractivity contribution is -0.141. The van der Waals surface area contributed by atoms with Crippen LogP contribution in [0.3, 0.4) is 0 Å². The lowest BCUT2D eigenvalue weighted by Gasteiger charge is -2.17. The minimum absolute atomic E-state index is 0.405. The number of rotatable bonds is 2. The van der Waals surface area contributed by atoms with Crippen LogP contribution in [0.2, 0.25) is 0 Å². The van der Waals surface area contributed by atoms with E-state index in [0.29, 0.717) is 6.42 Å². The molecule has 0 fully saturated rings. The van der Waals surface area contributed by atoms with E-state index in [-0.39, 0.29) is 0 Å². The molecule has 2 unspecified atom stereocenters. The molecule has 16 heavy (non-hydrogen) atoms. The van der Waals surface area contributed by atoms with E-state index in [1.54, 1.807) is 6.21 Å². The summed E-state index contributed by atoms with van der Waals surface area (Å²) in [6, 6.07) is 6.92. The highest BCUT2D eigenvalue weighted by Crippen LogP contribution is 2.18. The highest BCUT2D eigenvalue weighted by atomic mass is 16.5. The Morgan fingerprint density at radius 1 is 1.50 bits per heavy atom. The molecule has 4 nitrogen and oxygen atoms in total. The number of aliphatic carboxylic acids is 1. The quantitative estimate of drug-likeness (QED) is 0.811. The first-order valence-corrected chi connectivity index (χ1v) is 5.09. The van der Waals surface area contributed by atoms with Crippen LogP contribution in [0.25, 0.3) is 0 Å². The summed E-state index contributed by atoms with van der Waals surface area (Å²) in [7, 11) is 1.52. The Balaban J connectivity index is 2.37. The molecular formula is C12H13NO3. The summed E-state index contributed by atoms with van der Waals surface area (Å²) in [4.78, 5) is 15.1. The van der Waals surface area contributed by atoms with Crippen molar-refractivity contribution in [2.24, 2.45) is 4.99 Å². The Morgan fingerprint density at radius 3 is 2.94 bits per heavy atom. The number of hydrogen-bond donors (Lipinski definition) is 1. The third-order valence-electron chi connectivity index (χ3n) is 2.76. The van der Waals surface area contributed by atoms with Gasteiger partial charge in [0.1, 0.15) is 0 Å². The molecule has 84 valence electrons. The Morgan fingerprint density at radius 2 is 2.25 bits per heavy atom. The smallest absolute Gasteiger partial charge is 0.331 e. The van der Waals surface area contributed by atoms with Crippen LogP contribution in [0.5, 0.6) is 0 Å². The van der Waals surface area contributed by atoms with Crippen molar-refractivity contribution in [2.75, 3.05) is 7.11 Å². The van der Waals surface area contributed by atoms with Gasteiger partial charge in [0, 0.05) is 19.7 Å². The summed E-state index contributed by atoms with van der Waals surface area (Å²) in [5, 5.41) is 9.05. The van der Waals surface area contributed by atoms with Gasteiger partial charge in [-0.15, -0.1) is 0 Å². The molecule has 0 amide bonds. The van der Waals surface area contributed by atoms with Crippen LogP contribution in [-0.2, 0) is 16.0 Å². The second-order valence-corrected chi connectivity index (χ2v) is 3.74. The fourth-order valence-electron chi connectivity index (χ4n) is 1.87. The van der Waals surface area contributed by atoms with Crippen LogP contribution in [-0.4, -0.2) is 36.5 Å². The van der Waals surface area contributed by atoms with E-state index < -0.39 is 18.1 Å². The van der Waals surface area contributed by atoms with E-state index in [9.17, 15) is 4.79 Å². The monoisotopic (exact) mass is 219 g/mol. The number of nitrogens with zero attached hydrogens (tertiary/aromatic N) is 1. The van der Waals surface area contributed by atoms with Crippen molar-refractivity contribution in [3.63, 3.8) is 0 Å². The van der Waals surface area contributed by atoms with E-state index in [1.807, 2.05) is 24.3 Å². The number of carbonyl (C=O) groups is 1. The van der Waals surface area contributed by atoms with Crippen LogP contribution >= 0.6 is 0 Å². The van der Waals surface area contributed by atoms with E-state index in [0.717, 1.165) is 11.1 Å². The highest BCUT2D eigenvalue weighted by Gasteiger charge is 2.29. The molecule has 0 aliphatic carbocycles. The third-order valence-corrected chi connectivity index (χ3v) is 2.76. The zero-order chi connectivity index (χ0) is 11.5. The fraction of sp³-hybridized carbons (Fsp3) is 0.333. The lowest BCUT2D eigenvalue weighted by Crippen LogP contribution is -2.34. The Kier molecular flexibility index (Phi) is 3.01. The molecule has 0 aromatic heterocycles. The SMILES string of the molecule is COC1Cc2ccccc2C=NC1C(=O)O. The van der Waals surface area contributed by atoms with Crippen molar-refractivity contribution >= 4 is 12.2 Å². The summed E-state index contributed by atoms with van der Waals surface area (Å²) in [5.41, 5.74) is 2.04. The van der Waals surface area contributed by atoms with Gasteiger partial charge in [-0.2, -0.15) is 0 Å². The van der Waals surface area contributed by atoms with Crippen molar-refractivity contribution in [1.29, 1.82) is 0 Å². The molecule has 1 aromatic carbocycles. The van der Waals surface area contributed by atoms with Crippen LogP contribution < -0.4 is 0 Å². The van der Waals surface area contributed by atoms with Crippen LogP contribution in [0, 0.1) is 0 Å². The molecule has 1 N–H and O–H groups in total. The Hall–Kier alpha value is -1.68. The molecule has 4 heteroatoms. The number of hydrogen-bond acceptors (Lipinski definition) is 3. The standard InChI is InChI=1S/C12H13NO3/c1-16-10-6-8-4-2-3-5-9(8)7-13-11(10)12(14)15/h2-5,7,10-11H,6H2,1H3,(H,14,15). The number of carboxylic acids is 1. The molecule has 1 aliphatic heterocycles. The zero-order valence-corrected chi connectivity index (χ0v) is 8.96. The number of fused-ring (bicyclic) bond motifs is 1. The van der Waals surface area contributed by atoms with Gasteiger partial charge in [-0.25, -0.2) is 4.79 Å². The summed E-state index contributed by atoms with van der Waals surface area (Å²) < 4.78 is 5.21. The zero-order valence-electron chi connectivity index (χ0n) is 8.96. The van der Waals surface area contributed by atoms with Gasteiger partial charge in [-0.05, 0) is 11.1 Å². The fourth-order valence-corrected chi connectivity index (χ4v) is 1.87. The molecule has 0 saturated heterocycles. The highest BCUT2D eigenvalue weighted by molar-refractivity contribution is 5.86. The van der Waals surface area contributed by atoms with Crippen molar-refractivity contribution in [1.82, 2.24) is 0 Å². The van der Waals surface area contributed by atoms with E-state index >= 15 is 0 Å². The van der Waals surface area contributed by atoms with Gasteiger partial charge in [0.05, 0.1) is 6.10 Å². The predicted molar refractivity (Wildman–Crippen MR) is 60.0 cm³/mol. The molecule has 2 atom stereocenters. The average molecular weight is 219 g/mol. The molecule has 1 aliphatic rings. The number of aliphatic imine (C=N–C) groups is 1. The first kappa shape index (κ1) is 10.8. The van der Waals surface area contributed by atoms with Gasteiger partial charge in [0.15, 0.2) is 6.04 Å². The number of methoxy groups -OCH3 is 1. The van der Waals surface area contributed by atoms with Crippen molar-refractivity contribution in [2.45, 2.75) is 18.6 Å². The van der Waals surface area contributed by atoms with Crippen LogP contribution in [0.1, 0.15) is 11.1 Å². The summed E-state index contributed by atoms with van der Waals surface area (Å²) in [5.74, 6) is -0.948. The first-order chi connectivity index (χ1) is 7.72. The molecule has 0 saturated carbocycles. The van der Waals surface area contributed by atoms with Gasteiger partial charge < -0.3 is 9.84 Å². The summed E-state index contributed by atoms with van der Waals surface area (Å²) in [6.45, 7) is 0. The minimum Gasteiger partial charge on any atom is -0.480 e. The molecular weight excluding hydrogens is 206 g/mol. The van der Waals surface area contributed by atoms with E-state index in [2.05, 4.69) is 4.99 Å². The average Bonchev–Trinajstić information content (AvgIpc) is 2.47. The van der Waals surface area contributed by atoms with Gasteiger partial charge in [0.25, 0.3) is 0 Å². The van der Waals surface area contributed by atoms with E-state index in [4.69, 9.17) is 9.84 Å². The second-order valence-electron chi connectivity index (χ2n) is 3.74. The molecule has 2 rings (SSSR count). The molecule has 1 aromatic rings. The molecule has 0 radical (unpaired) electrons. The van der Waals surface area contributed by atoms with Gasteiger partial charge in [0.2, 0.25) is 0 Å². The Labute approximate surface area is 93.6 Å². The third kappa shape index (κ3) is 1.97. The van der Waals surface area contributed by atoms with Crippen molar-refractivity contribution in [3.8, 4) is 0 Å². The first-order valence-electron chi connectivity index (χ1n) is 5.09. The summed E-state index contributed by atoms with van der Waals surface area (Å²) >= 11 is 0. The Bertz CT molecular complexity index is 428. The van der Waals surface area contributed by atoms with Gasteiger partial charge in [-0.3, -0.25) is 4.99 Å². The molecule has 0 spiro atoms. The van der Waals surface area contributed by atoms with E-state index in [1.165, 1.54) is 7.11 Å².